The first kappa shape index (κ1) is 37.4. The van der Waals surface area contributed by atoms with Gasteiger partial charge in [0, 0.05) is 19.4 Å². The lowest BCUT2D eigenvalue weighted by molar-refractivity contribution is -0.156. The molecule has 5 N–H and O–H groups in total. The molecule has 17 heteroatoms. The van der Waals surface area contributed by atoms with Crippen LogP contribution in [-0.2, 0) is 46.5 Å². The fourth-order valence-corrected chi connectivity index (χ4v) is 6.03. The monoisotopic (exact) mass is 702 g/mol. The van der Waals surface area contributed by atoms with Crippen molar-refractivity contribution in [2.75, 3.05) is 19.9 Å². The van der Waals surface area contributed by atoms with Gasteiger partial charge in [0.05, 0.1) is 34.9 Å². The zero-order chi connectivity index (χ0) is 36.2. The third-order valence-corrected chi connectivity index (χ3v) is 8.80. The molecule has 0 bridgehead atoms. The molecule has 2 aliphatic heterocycles. The number of likely N-dealkylation sites (tertiary alicyclic amines) is 1. The van der Waals surface area contributed by atoms with Crippen LogP contribution in [0.15, 0.2) is 48.5 Å². The number of rotatable bonds is 11. The molecule has 4 atom stereocenters. The summed E-state index contributed by atoms with van der Waals surface area (Å²) in [7, 11) is 0. The summed E-state index contributed by atoms with van der Waals surface area (Å²) in [5.41, 5.74) is 5.61. The van der Waals surface area contributed by atoms with E-state index in [9.17, 15) is 45.5 Å². The number of nitrogens with one attached hydrogen (secondary N) is 1. The molecule has 1 spiro atoms. The number of amides is 3. The van der Waals surface area contributed by atoms with Gasteiger partial charge in [0.2, 0.25) is 18.6 Å². The number of nitrogens with zero attached hydrogens (tertiary/aromatic N) is 1. The third kappa shape index (κ3) is 9.00. The predicted octanol–water partition coefficient (Wildman–Crippen LogP) is 4.67. The maximum Gasteiger partial charge on any atom is 0.416 e. The molecule has 1 unspecified atom stereocenters. The summed E-state index contributed by atoms with van der Waals surface area (Å²) in [5, 5.41) is 2.91. The highest BCUT2D eigenvalue weighted by Crippen LogP contribution is 2.45. The molecule has 2 aromatic carbocycles. The first-order chi connectivity index (χ1) is 22.8. The van der Waals surface area contributed by atoms with Gasteiger partial charge in [-0.15, -0.1) is 0 Å². The van der Waals surface area contributed by atoms with Crippen molar-refractivity contribution in [1.29, 1.82) is 0 Å². The molecule has 0 saturated carbocycles. The second-order valence-electron chi connectivity index (χ2n) is 12.2. The van der Waals surface area contributed by atoms with Gasteiger partial charge in [-0.3, -0.25) is 19.3 Å². The molecule has 268 valence electrons. The van der Waals surface area contributed by atoms with E-state index in [-0.39, 0.29) is 44.2 Å². The number of hydrogen-bond donors (Lipinski definition) is 3. The number of nitrogens with two attached hydrogens (primary N) is 2. The minimum Gasteiger partial charge on any atom is -0.427 e. The zero-order valence-corrected chi connectivity index (χ0v) is 26.4. The van der Waals surface area contributed by atoms with Crippen molar-refractivity contribution >= 4 is 23.9 Å². The molecule has 2 fully saturated rings. The van der Waals surface area contributed by atoms with Crippen LogP contribution in [0.5, 0.6) is 0 Å². The molecule has 4 rings (SSSR count). The first-order valence-corrected chi connectivity index (χ1v) is 15.3. The Hall–Kier alpha value is -4.38. The summed E-state index contributed by atoms with van der Waals surface area (Å²) in [4.78, 5) is 50.6. The van der Waals surface area contributed by atoms with Crippen LogP contribution in [0.3, 0.4) is 0 Å². The van der Waals surface area contributed by atoms with Crippen LogP contribution in [0.25, 0.3) is 0 Å². The molecule has 2 aromatic rings. The van der Waals surface area contributed by atoms with Crippen LogP contribution in [-0.4, -0.2) is 60.3 Å². The fourth-order valence-electron chi connectivity index (χ4n) is 6.03. The van der Waals surface area contributed by atoms with Crippen LogP contribution in [0, 0.1) is 0 Å². The number of primary amides is 1. The van der Waals surface area contributed by atoms with Gasteiger partial charge < -0.3 is 31.0 Å². The number of alkyl halides is 6. The van der Waals surface area contributed by atoms with Crippen molar-refractivity contribution in [2.24, 2.45) is 11.5 Å². The fraction of sp³-hybridized carbons (Fsp3) is 0.500. The molecule has 0 aliphatic carbocycles. The average Bonchev–Trinajstić information content (AvgIpc) is 3.41. The Balaban J connectivity index is 1.64. The van der Waals surface area contributed by atoms with E-state index >= 15 is 0 Å². The van der Waals surface area contributed by atoms with Crippen molar-refractivity contribution in [3.63, 3.8) is 0 Å². The Morgan fingerprint density at radius 1 is 0.959 bits per heavy atom. The molecule has 0 radical (unpaired) electrons. The maximum absolute atomic E-state index is 13.8. The number of ether oxygens (including phenoxy) is 3. The van der Waals surface area contributed by atoms with E-state index in [1.165, 1.54) is 11.8 Å². The summed E-state index contributed by atoms with van der Waals surface area (Å²) in [6.07, 6.45) is -11.7. The van der Waals surface area contributed by atoms with E-state index in [2.05, 4.69) is 5.32 Å². The molecular formula is C32H36F6N4O7. The highest BCUT2D eigenvalue weighted by molar-refractivity contribution is 5.80. The van der Waals surface area contributed by atoms with Crippen molar-refractivity contribution in [1.82, 2.24) is 10.2 Å². The zero-order valence-electron chi connectivity index (χ0n) is 26.4. The highest BCUT2D eigenvalue weighted by Gasteiger charge is 2.54. The van der Waals surface area contributed by atoms with Gasteiger partial charge in [0.15, 0.2) is 0 Å². The van der Waals surface area contributed by atoms with Crippen LogP contribution in [0.1, 0.15) is 73.8 Å². The third-order valence-electron chi connectivity index (χ3n) is 8.80. The quantitative estimate of drug-likeness (QED) is 0.173. The van der Waals surface area contributed by atoms with Crippen molar-refractivity contribution in [2.45, 2.75) is 81.0 Å². The van der Waals surface area contributed by atoms with Gasteiger partial charge >= 0.3 is 24.4 Å². The maximum atomic E-state index is 13.8. The minimum absolute atomic E-state index is 0.0212. The normalized spacial score (nSPS) is 22.4. The second-order valence-corrected chi connectivity index (χ2v) is 12.2. The Kier molecular flexibility index (Phi) is 11.2. The lowest BCUT2D eigenvalue weighted by atomic mass is 9.74. The van der Waals surface area contributed by atoms with Gasteiger partial charge in [-0.05, 0) is 61.9 Å². The summed E-state index contributed by atoms with van der Waals surface area (Å²) in [5.74, 6) is -1.90. The summed E-state index contributed by atoms with van der Waals surface area (Å²) >= 11 is 0. The van der Waals surface area contributed by atoms with Gasteiger partial charge in [-0.2, -0.15) is 26.3 Å². The molecule has 2 saturated heterocycles. The number of hydrogen-bond acceptors (Lipinski definition) is 8. The summed E-state index contributed by atoms with van der Waals surface area (Å²) in [6.45, 7) is -0.117. The second kappa shape index (κ2) is 14.6. The first-order valence-electron chi connectivity index (χ1n) is 15.3. The molecule has 2 heterocycles. The van der Waals surface area contributed by atoms with Crippen molar-refractivity contribution in [3.8, 4) is 0 Å². The number of esters is 1. The number of benzene rings is 2. The van der Waals surface area contributed by atoms with E-state index in [1.807, 2.05) is 0 Å². The van der Waals surface area contributed by atoms with Crippen molar-refractivity contribution < 1.29 is 59.7 Å². The van der Waals surface area contributed by atoms with Gasteiger partial charge in [0.25, 0.3) is 0 Å². The highest BCUT2D eigenvalue weighted by atomic mass is 19.4. The van der Waals surface area contributed by atoms with Crippen LogP contribution in [0.2, 0.25) is 0 Å². The molecule has 11 nitrogen and oxygen atoms in total. The largest absolute Gasteiger partial charge is 0.427 e. The Morgan fingerprint density at radius 2 is 1.59 bits per heavy atom. The molecule has 3 amide bonds. The van der Waals surface area contributed by atoms with E-state index in [1.54, 1.807) is 30.3 Å². The van der Waals surface area contributed by atoms with Gasteiger partial charge in [0.1, 0.15) is 6.04 Å². The number of carbonyl (C=O) groups excluding carboxylic acids is 4. The summed E-state index contributed by atoms with van der Waals surface area (Å²) < 4.78 is 97.8. The van der Waals surface area contributed by atoms with Crippen molar-refractivity contribution in [3.05, 3.63) is 70.8 Å². The number of piperidine rings is 1. The SMILES string of the molecule is C[C@@H](OC[C@@]1(c2ccccc2)CC[C@]2(CCC(=O)N2)CN1C(=O)OCOC(=O)C(N)CCC(N)=O)c1cc(C(F)(F)F)cc(C(F)(F)F)c1. The number of halogens is 6. The Morgan fingerprint density at radius 3 is 2.14 bits per heavy atom. The Labute approximate surface area is 277 Å². The van der Waals surface area contributed by atoms with Gasteiger partial charge in [-0.1, -0.05) is 30.3 Å². The standard InChI is InChI=1S/C32H36F6N4O7/c1-19(20-13-22(31(33,34)35)15-23(14-20)32(36,37)38)47-17-30(21-5-3-2-4-6-21)12-11-29(10-9-26(44)41-29)16-42(30)28(46)49-18-48-27(45)24(39)7-8-25(40)43/h2-6,13-15,19,24H,7-12,16-18,39H2,1H3,(H2,40,43)(H,41,44)/t19-,24?,29-,30-/m1/s1. The van der Waals surface area contributed by atoms with Gasteiger partial charge in [-0.25, -0.2) is 4.79 Å². The molecule has 49 heavy (non-hydrogen) atoms. The molecular weight excluding hydrogens is 666 g/mol. The average molecular weight is 703 g/mol. The molecule has 2 aliphatic rings. The van der Waals surface area contributed by atoms with E-state index in [4.69, 9.17) is 25.7 Å². The smallest absolute Gasteiger partial charge is 0.416 e. The lowest BCUT2D eigenvalue weighted by Crippen LogP contribution is -2.65. The lowest BCUT2D eigenvalue weighted by Gasteiger charge is -2.52. The van der Waals surface area contributed by atoms with E-state index in [0.717, 1.165) is 0 Å². The molecule has 0 aromatic heterocycles. The topological polar surface area (TPSA) is 163 Å². The van der Waals surface area contributed by atoms with Crippen LogP contribution >= 0.6 is 0 Å². The predicted molar refractivity (Wildman–Crippen MR) is 159 cm³/mol. The van der Waals surface area contributed by atoms with E-state index in [0.29, 0.717) is 30.5 Å². The summed E-state index contributed by atoms with van der Waals surface area (Å²) in [6, 6.07) is 8.33. The Bertz CT molecular complexity index is 1510. The number of carbonyl (C=O) groups is 4. The van der Waals surface area contributed by atoms with Crippen LogP contribution in [0.4, 0.5) is 31.1 Å². The minimum atomic E-state index is -5.07. The van der Waals surface area contributed by atoms with E-state index < -0.39 is 83.6 Å². The van der Waals surface area contributed by atoms with Crippen LogP contribution < -0.4 is 16.8 Å².